The van der Waals surface area contributed by atoms with Crippen LogP contribution >= 0.6 is 0 Å². The highest BCUT2D eigenvalue weighted by molar-refractivity contribution is 6.01. The number of halogens is 1. The van der Waals surface area contributed by atoms with Crippen molar-refractivity contribution in [2.75, 3.05) is 29.9 Å². The summed E-state index contributed by atoms with van der Waals surface area (Å²) in [6.45, 7) is 3.35. The van der Waals surface area contributed by atoms with Gasteiger partial charge in [0.1, 0.15) is 5.82 Å². The lowest BCUT2D eigenvalue weighted by atomic mass is 9.95. The van der Waals surface area contributed by atoms with E-state index >= 15 is 0 Å². The molecule has 33 heavy (non-hydrogen) atoms. The number of ether oxygens (including phenoxy) is 1. The molecular weight excluding hydrogens is 423 g/mol. The number of hydrogen-bond acceptors (Lipinski definition) is 6. The second-order valence-electron chi connectivity index (χ2n) is 7.80. The predicted octanol–water partition coefficient (Wildman–Crippen LogP) is 4.31. The van der Waals surface area contributed by atoms with Gasteiger partial charge in [0.15, 0.2) is 5.82 Å². The number of nitrogens with zero attached hydrogens (tertiary/aromatic N) is 3. The molecule has 0 unspecified atom stereocenters. The molecule has 3 aromatic rings. The van der Waals surface area contributed by atoms with Crippen molar-refractivity contribution in [2.24, 2.45) is 5.92 Å². The van der Waals surface area contributed by atoms with E-state index in [0.29, 0.717) is 42.9 Å². The highest BCUT2D eigenvalue weighted by Crippen LogP contribution is 2.25. The Morgan fingerprint density at radius 3 is 2.42 bits per heavy atom. The van der Waals surface area contributed by atoms with Crippen LogP contribution in [0.4, 0.5) is 15.9 Å². The Balaban J connectivity index is 1.35. The number of amides is 1. The van der Waals surface area contributed by atoms with Crippen LogP contribution in [0.25, 0.3) is 11.3 Å². The van der Waals surface area contributed by atoms with Crippen LogP contribution in [0.3, 0.4) is 0 Å². The summed E-state index contributed by atoms with van der Waals surface area (Å²) < 4.78 is 18.2. The summed E-state index contributed by atoms with van der Waals surface area (Å²) in [4.78, 5) is 27.1. The van der Waals surface area contributed by atoms with Crippen molar-refractivity contribution in [3.05, 3.63) is 72.0 Å². The first-order chi connectivity index (χ1) is 16.0. The van der Waals surface area contributed by atoms with Crippen LogP contribution in [-0.4, -0.2) is 41.8 Å². The smallest absolute Gasteiger partial charge is 0.340 e. The average molecular weight is 448 g/mol. The molecule has 0 radical (unpaired) electrons. The average Bonchev–Trinajstić information content (AvgIpc) is 2.85. The fraction of sp³-hybridized carbons (Fsp3) is 0.280. The Bertz CT molecular complexity index is 1110. The van der Waals surface area contributed by atoms with Crippen LogP contribution in [0.1, 0.15) is 30.1 Å². The van der Waals surface area contributed by atoms with Gasteiger partial charge in [0.05, 0.1) is 23.6 Å². The molecule has 7 nitrogen and oxygen atoms in total. The largest absolute Gasteiger partial charge is 0.462 e. The van der Waals surface area contributed by atoms with Crippen molar-refractivity contribution in [1.82, 2.24) is 10.2 Å². The molecule has 170 valence electrons. The zero-order valence-corrected chi connectivity index (χ0v) is 18.3. The third-order valence-corrected chi connectivity index (χ3v) is 5.66. The summed E-state index contributed by atoms with van der Waals surface area (Å²) in [6, 6.07) is 16.7. The molecule has 1 amide bonds. The number of piperidine rings is 1. The SMILES string of the molecule is CCOC(=O)c1ccccc1NC(=O)C1CCN(c2ccc(-c3ccc(F)cc3)nn2)CC1. The Hall–Kier alpha value is -3.81. The maximum absolute atomic E-state index is 13.1. The van der Waals surface area contributed by atoms with Crippen molar-refractivity contribution < 1.29 is 18.7 Å². The number of aromatic nitrogens is 2. The summed E-state index contributed by atoms with van der Waals surface area (Å²) in [5, 5.41) is 11.5. The van der Waals surface area contributed by atoms with E-state index in [9.17, 15) is 14.0 Å². The zero-order chi connectivity index (χ0) is 23.2. The Morgan fingerprint density at radius 2 is 1.76 bits per heavy atom. The lowest BCUT2D eigenvalue weighted by molar-refractivity contribution is -0.120. The number of hydrogen-bond donors (Lipinski definition) is 1. The molecule has 0 spiro atoms. The Morgan fingerprint density at radius 1 is 1.03 bits per heavy atom. The number of rotatable bonds is 6. The van der Waals surface area contributed by atoms with E-state index in [1.54, 1.807) is 43.3 Å². The minimum atomic E-state index is -0.453. The van der Waals surface area contributed by atoms with Gasteiger partial charge in [0.2, 0.25) is 5.91 Å². The van der Waals surface area contributed by atoms with Crippen LogP contribution in [0.5, 0.6) is 0 Å². The van der Waals surface area contributed by atoms with Gasteiger partial charge in [-0.05, 0) is 68.3 Å². The highest BCUT2D eigenvalue weighted by Gasteiger charge is 2.27. The van der Waals surface area contributed by atoms with E-state index in [1.807, 2.05) is 12.1 Å². The molecular formula is C25H25FN4O3. The molecule has 1 N–H and O–H groups in total. The van der Waals surface area contributed by atoms with Crippen LogP contribution in [-0.2, 0) is 9.53 Å². The van der Waals surface area contributed by atoms with Gasteiger partial charge in [-0.1, -0.05) is 12.1 Å². The first kappa shape index (κ1) is 22.4. The fourth-order valence-corrected chi connectivity index (χ4v) is 3.85. The molecule has 4 rings (SSSR count). The third-order valence-electron chi connectivity index (χ3n) is 5.66. The Labute approximate surface area is 191 Å². The molecule has 0 atom stereocenters. The first-order valence-corrected chi connectivity index (χ1v) is 11.0. The van der Waals surface area contributed by atoms with Crippen molar-refractivity contribution in [3.63, 3.8) is 0 Å². The number of para-hydroxylation sites is 1. The molecule has 0 aliphatic carbocycles. The van der Waals surface area contributed by atoms with Gasteiger partial charge in [-0.3, -0.25) is 4.79 Å². The van der Waals surface area contributed by atoms with E-state index in [1.165, 1.54) is 12.1 Å². The van der Waals surface area contributed by atoms with E-state index in [-0.39, 0.29) is 24.2 Å². The molecule has 8 heteroatoms. The molecule has 1 aliphatic heterocycles. The maximum Gasteiger partial charge on any atom is 0.340 e. The van der Waals surface area contributed by atoms with Gasteiger partial charge in [-0.25, -0.2) is 9.18 Å². The van der Waals surface area contributed by atoms with Crippen molar-refractivity contribution in [1.29, 1.82) is 0 Å². The molecule has 1 fully saturated rings. The van der Waals surface area contributed by atoms with Gasteiger partial charge in [0.25, 0.3) is 0 Å². The predicted molar refractivity (Wildman–Crippen MR) is 123 cm³/mol. The topological polar surface area (TPSA) is 84.4 Å². The van der Waals surface area contributed by atoms with Gasteiger partial charge in [0, 0.05) is 24.6 Å². The van der Waals surface area contributed by atoms with Crippen LogP contribution in [0.2, 0.25) is 0 Å². The second-order valence-corrected chi connectivity index (χ2v) is 7.80. The van der Waals surface area contributed by atoms with E-state index in [2.05, 4.69) is 20.4 Å². The second kappa shape index (κ2) is 10.2. The third kappa shape index (κ3) is 5.34. The summed E-state index contributed by atoms with van der Waals surface area (Å²) in [7, 11) is 0. The number of carbonyl (C=O) groups is 2. The monoisotopic (exact) mass is 448 g/mol. The maximum atomic E-state index is 13.1. The van der Waals surface area contributed by atoms with Gasteiger partial charge >= 0.3 is 5.97 Å². The number of anilines is 2. The minimum Gasteiger partial charge on any atom is -0.462 e. The summed E-state index contributed by atoms with van der Waals surface area (Å²) in [6.07, 6.45) is 1.32. The molecule has 1 aromatic heterocycles. The van der Waals surface area contributed by atoms with E-state index in [4.69, 9.17) is 4.74 Å². The lowest BCUT2D eigenvalue weighted by Gasteiger charge is -2.32. The number of esters is 1. The van der Waals surface area contributed by atoms with E-state index < -0.39 is 5.97 Å². The quantitative estimate of drug-likeness (QED) is 0.566. The molecule has 0 saturated carbocycles. The normalized spacial score (nSPS) is 14.1. The minimum absolute atomic E-state index is 0.107. The van der Waals surface area contributed by atoms with Crippen molar-refractivity contribution in [3.8, 4) is 11.3 Å². The number of nitrogens with one attached hydrogen (secondary N) is 1. The summed E-state index contributed by atoms with van der Waals surface area (Å²) in [5.41, 5.74) is 2.29. The highest BCUT2D eigenvalue weighted by atomic mass is 19.1. The van der Waals surface area contributed by atoms with E-state index in [0.717, 1.165) is 11.4 Å². The van der Waals surface area contributed by atoms with Crippen LogP contribution in [0.15, 0.2) is 60.7 Å². The standard InChI is InChI=1S/C25H25FN4O3/c1-2-33-25(32)20-5-3-4-6-22(20)27-24(31)18-13-15-30(16-14-18)23-12-11-21(28-29-23)17-7-9-19(26)10-8-17/h3-12,18H,2,13-16H2,1H3,(H,27,31). The summed E-state index contributed by atoms with van der Waals surface area (Å²) in [5.74, 6) is -0.273. The van der Waals surface area contributed by atoms with Crippen LogP contribution < -0.4 is 10.2 Å². The lowest BCUT2D eigenvalue weighted by Crippen LogP contribution is -2.38. The van der Waals surface area contributed by atoms with Gasteiger partial charge in [-0.15, -0.1) is 10.2 Å². The number of benzene rings is 2. The summed E-state index contributed by atoms with van der Waals surface area (Å²) >= 11 is 0. The van der Waals surface area contributed by atoms with Crippen LogP contribution in [0, 0.1) is 11.7 Å². The number of carbonyl (C=O) groups excluding carboxylic acids is 2. The molecule has 1 aliphatic rings. The molecule has 2 heterocycles. The fourth-order valence-electron chi connectivity index (χ4n) is 3.85. The van der Waals surface area contributed by atoms with Crippen molar-refractivity contribution in [2.45, 2.75) is 19.8 Å². The molecule has 2 aromatic carbocycles. The van der Waals surface area contributed by atoms with Gasteiger partial charge < -0.3 is 15.0 Å². The van der Waals surface area contributed by atoms with Gasteiger partial charge in [-0.2, -0.15) is 0 Å². The van der Waals surface area contributed by atoms with Crippen molar-refractivity contribution >= 4 is 23.4 Å². The first-order valence-electron chi connectivity index (χ1n) is 11.0. The Kier molecular flexibility index (Phi) is 6.92. The molecule has 0 bridgehead atoms. The zero-order valence-electron chi connectivity index (χ0n) is 18.3. The molecule has 1 saturated heterocycles.